The van der Waals surface area contributed by atoms with Crippen molar-refractivity contribution in [2.75, 3.05) is 6.61 Å². The van der Waals surface area contributed by atoms with E-state index in [0.29, 0.717) is 30.8 Å². The molecule has 3 rings (SSSR count). The molecular formula is C17H23N3O3S. The number of ether oxygens (including phenoxy) is 1. The lowest BCUT2D eigenvalue weighted by Gasteiger charge is -2.29. The first-order valence-corrected chi connectivity index (χ1v) is 9.68. The molecule has 0 bridgehead atoms. The Labute approximate surface area is 142 Å². The molecule has 0 spiro atoms. The Morgan fingerprint density at radius 3 is 2.88 bits per heavy atom. The van der Waals surface area contributed by atoms with Gasteiger partial charge >= 0.3 is 0 Å². The molecule has 0 saturated carbocycles. The molecule has 2 aromatic rings. The van der Waals surface area contributed by atoms with E-state index in [0.717, 1.165) is 11.1 Å². The van der Waals surface area contributed by atoms with E-state index >= 15 is 0 Å². The number of nitrogens with one attached hydrogen (secondary N) is 1. The molecule has 1 aliphatic rings. The summed E-state index contributed by atoms with van der Waals surface area (Å²) in [5.41, 5.74) is 1.82. The van der Waals surface area contributed by atoms with Gasteiger partial charge in [0.15, 0.2) is 0 Å². The molecule has 1 saturated heterocycles. The van der Waals surface area contributed by atoms with Gasteiger partial charge in [0.25, 0.3) is 0 Å². The normalized spacial score (nSPS) is 21.8. The standard InChI is InChI=1S/C17H23N3O3S/c1-3-13-6-4-5-7-17(13)24(21,22)19-15-8-9-23-16(10-15)14-11-18-20(2)12-14/h4-7,11-12,15-16,19H,3,8-10H2,1-2H3/t15-,16+/m0/s1. The lowest BCUT2D eigenvalue weighted by Crippen LogP contribution is -2.40. The minimum Gasteiger partial charge on any atom is -0.373 e. The van der Waals surface area contributed by atoms with Crippen LogP contribution < -0.4 is 4.72 Å². The van der Waals surface area contributed by atoms with Crippen molar-refractivity contribution in [1.82, 2.24) is 14.5 Å². The molecule has 0 amide bonds. The first kappa shape index (κ1) is 17.1. The summed E-state index contributed by atoms with van der Waals surface area (Å²) < 4.78 is 35.9. The molecule has 2 heterocycles. The molecule has 130 valence electrons. The third-order valence-corrected chi connectivity index (χ3v) is 5.97. The predicted molar refractivity (Wildman–Crippen MR) is 91.1 cm³/mol. The van der Waals surface area contributed by atoms with E-state index in [-0.39, 0.29) is 12.1 Å². The van der Waals surface area contributed by atoms with Crippen LogP contribution in [0.2, 0.25) is 0 Å². The molecule has 0 aliphatic carbocycles. The van der Waals surface area contributed by atoms with Gasteiger partial charge in [0, 0.05) is 31.5 Å². The summed E-state index contributed by atoms with van der Waals surface area (Å²) in [5, 5.41) is 4.16. The average Bonchev–Trinajstić information content (AvgIpc) is 3.01. The van der Waals surface area contributed by atoms with Crippen LogP contribution in [0.3, 0.4) is 0 Å². The fraction of sp³-hybridized carbons (Fsp3) is 0.471. The summed E-state index contributed by atoms with van der Waals surface area (Å²) in [6.45, 7) is 2.49. The Morgan fingerprint density at radius 2 is 2.17 bits per heavy atom. The number of aromatic nitrogens is 2. The van der Waals surface area contributed by atoms with Crippen LogP contribution in [0.4, 0.5) is 0 Å². The first-order chi connectivity index (χ1) is 11.5. The highest BCUT2D eigenvalue weighted by molar-refractivity contribution is 7.89. The second kappa shape index (κ2) is 7.04. The molecule has 6 nitrogen and oxygen atoms in total. The van der Waals surface area contributed by atoms with Gasteiger partial charge < -0.3 is 4.74 Å². The van der Waals surface area contributed by atoms with Crippen LogP contribution in [0, 0.1) is 0 Å². The summed E-state index contributed by atoms with van der Waals surface area (Å²) in [6.07, 6.45) is 5.52. The molecule has 2 atom stereocenters. The lowest BCUT2D eigenvalue weighted by atomic mass is 10.0. The highest BCUT2D eigenvalue weighted by Gasteiger charge is 2.29. The maximum atomic E-state index is 12.8. The molecule has 1 aromatic carbocycles. The molecule has 0 unspecified atom stereocenters. The second-order valence-electron chi connectivity index (χ2n) is 6.11. The molecule has 1 fully saturated rings. The average molecular weight is 349 g/mol. The Balaban J connectivity index is 1.75. The van der Waals surface area contributed by atoms with Crippen LogP contribution in [-0.4, -0.2) is 30.8 Å². The van der Waals surface area contributed by atoms with Crippen molar-refractivity contribution in [2.24, 2.45) is 7.05 Å². The van der Waals surface area contributed by atoms with Crippen LogP contribution in [-0.2, 0) is 28.2 Å². The van der Waals surface area contributed by atoms with Crippen molar-refractivity contribution in [2.45, 2.75) is 43.2 Å². The molecule has 1 aliphatic heterocycles. The third-order valence-electron chi connectivity index (χ3n) is 4.35. The van der Waals surface area contributed by atoms with Gasteiger partial charge in [-0.3, -0.25) is 4.68 Å². The van der Waals surface area contributed by atoms with Gasteiger partial charge in [0.1, 0.15) is 0 Å². The number of benzene rings is 1. The van der Waals surface area contributed by atoms with Crippen LogP contribution >= 0.6 is 0 Å². The van der Waals surface area contributed by atoms with Gasteiger partial charge in [0.2, 0.25) is 10.0 Å². The van der Waals surface area contributed by atoms with Gasteiger partial charge in [-0.15, -0.1) is 0 Å². The summed E-state index contributed by atoms with van der Waals surface area (Å²) in [4.78, 5) is 0.372. The molecule has 0 radical (unpaired) electrons. The fourth-order valence-corrected chi connectivity index (χ4v) is 4.68. The van der Waals surface area contributed by atoms with Crippen molar-refractivity contribution in [3.05, 3.63) is 47.8 Å². The molecular weight excluding hydrogens is 326 g/mol. The highest BCUT2D eigenvalue weighted by atomic mass is 32.2. The van der Waals surface area contributed by atoms with Gasteiger partial charge in [-0.25, -0.2) is 13.1 Å². The first-order valence-electron chi connectivity index (χ1n) is 8.20. The Kier molecular flexibility index (Phi) is 5.03. The van der Waals surface area contributed by atoms with E-state index in [1.165, 1.54) is 0 Å². The van der Waals surface area contributed by atoms with E-state index in [2.05, 4.69) is 9.82 Å². The maximum Gasteiger partial charge on any atom is 0.241 e. The van der Waals surface area contributed by atoms with Crippen LogP contribution in [0.25, 0.3) is 0 Å². The van der Waals surface area contributed by atoms with Gasteiger partial charge in [-0.1, -0.05) is 25.1 Å². The monoisotopic (exact) mass is 349 g/mol. The van der Waals surface area contributed by atoms with Gasteiger partial charge in [0.05, 0.1) is 17.2 Å². The Bertz CT molecular complexity index is 801. The zero-order chi connectivity index (χ0) is 17.2. The van der Waals surface area contributed by atoms with E-state index in [4.69, 9.17) is 4.74 Å². The van der Waals surface area contributed by atoms with Crippen LogP contribution in [0.5, 0.6) is 0 Å². The minimum atomic E-state index is -3.53. The molecule has 1 aromatic heterocycles. The van der Waals surface area contributed by atoms with Crippen molar-refractivity contribution in [3.63, 3.8) is 0 Å². The maximum absolute atomic E-state index is 12.8. The number of aryl methyl sites for hydroxylation is 2. The van der Waals surface area contributed by atoms with E-state index in [1.54, 1.807) is 23.0 Å². The van der Waals surface area contributed by atoms with Crippen molar-refractivity contribution in [1.29, 1.82) is 0 Å². The lowest BCUT2D eigenvalue weighted by molar-refractivity contribution is 0.00400. The zero-order valence-corrected chi connectivity index (χ0v) is 14.8. The van der Waals surface area contributed by atoms with Crippen molar-refractivity contribution in [3.8, 4) is 0 Å². The predicted octanol–water partition coefficient (Wildman–Crippen LogP) is 2.18. The summed E-state index contributed by atoms with van der Waals surface area (Å²) in [6, 6.07) is 7.01. The fourth-order valence-electron chi connectivity index (χ4n) is 3.08. The number of rotatable bonds is 5. The summed E-state index contributed by atoms with van der Waals surface area (Å²) in [5.74, 6) is 0. The van der Waals surface area contributed by atoms with Crippen LogP contribution in [0.1, 0.15) is 37.0 Å². The molecule has 1 N–H and O–H groups in total. The van der Waals surface area contributed by atoms with E-state index in [9.17, 15) is 8.42 Å². The number of sulfonamides is 1. The van der Waals surface area contributed by atoms with E-state index in [1.807, 2.05) is 32.3 Å². The van der Waals surface area contributed by atoms with Gasteiger partial charge in [-0.2, -0.15) is 5.10 Å². The SMILES string of the molecule is CCc1ccccc1S(=O)(=O)N[C@H]1CCO[C@@H](c2cnn(C)c2)C1. The largest absolute Gasteiger partial charge is 0.373 e. The van der Waals surface area contributed by atoms with E-state index < -0.39 is 10.0 Å². The van der Waals surface area contributed by atoms with Crippen molar-refractivity contribution >= 4 is 10.0 Å². The van der Waals surface area contributed by atoms with Gasteiger partial charge in [-0.05, 0) is 30.9 Å². The number of nitrogens with zero attached hydrogens (tertiary/aromatic N) is 2. The van der Waals surface area contributed by atoms with Crippen molar-refractivity contribution < 1.29 is 13.2 Å². The summed E-state index contributed by atoms with van der Waals surface area (Å²) in [7, 11) is -1.67. The quantitative estimate of drug-likeness (QED) is 0.898. The smallest absolute Gasteiger partial charge is 0.241 e. The third kappa shape index (κ3) is 3.68. The Morgan fingerprint density at radius 1 is 1.38 bits per heavy atom. The zero-order valence-electron chi connectivity index (χ0n) is 14.0. The number of hydrogen-bond acceptors (Lipinski definition) is 4. The highest BCUT2D eigenvalue weighted by Crippen LogP contribution is 2.29. The second-order valence-corrected chi connectivity index (χ2v) is 7.79. The summed E-state index contributed by atoms with van der Waals surface area (Å²) >= 11 is 0. The number of hydrogen-bond donors (Lipinski definition) is 1. The molecule has 24 heavy (non-hydrogen) atoms. The Hall–Kier alpha value is -1.70. The minimum absolute atomic E-state index is 0.124. The van der Waals surface area contributed by atoms with Crippen LogP contribution in [0.15, 0.2) is 41.6 Å². The molecule has 7 heteroatoms. The topological polar surface area (TPSA) is 73.2 Å².